The standard InChI is InChI=1S/C33H56N2O9/c1-9-25(37)23(4)30-26(42-30)20-32(5,40)15-10-11-21(2)29-22(3)12-13-27(43-31(39)35(8)18-17-34-7)33(6,41)16-14-24(36)19-28(38)44-29/h10-13,15,22-27,29-30,34,36-37,40-41H,9,14,16-20H2,1-8H3/b13-12+,15-10+,21-11+. The quantitative estimate of drug-likeness (QED) is 0.0945. The topological polar surface area (TPSA) is 161 Å². The number of carbonyl (C=O) groups excluding carboxylic acids is 2. The molecule has 0 saturated carbocycles. The molecule has 2 aliphatic heterocycles. The van der Waals surface area contributed by atoms with Crippen molar-refractivity contribution in [3.8, 4) is 0 Å². The van der Waals surface area contributed by atoms with E-state index in [-0.39, 0.29) is 43.3 Å². The van der Waals surface area contributed by atoms with Crippen LogP contribution in [-0.2, 0) is 19.0 Å². The summed E-state index contributed by atoms with van der Waals surface area (Å²) in [6.07, 6.45) is 5.45. The number of cyclic esters (lactones) is 1. The lowest BCUT2D eigenvalue weighted by atomic mass is 9.88. The molecule has 0 aromatic heterocycles. The fourth-order valence-corrected chi connectivity index (χ4v) is 5.37. The monoisotopic (exact) mass is 624 g/mol. The van der Waals surface area contributed by atoms with Crippen molar-refractivity contribution in [3.05, 3.63) is 36.0 Å². The van der Waals surface area contributed by atoms with Crippen LogP contribution in [0, 0.1) is 11.8 Å². The lowest BCUT2D eigenvalue weighted by molar-refractivity contribution is -0.151. The van der Waals surface area contributed by atoms with Gasteiger partial charge in [0.25, 0.3) is 0 Å². The maximum atomic E-state index is 12.8. The summed E-state index contributed by atoms with van der Waals surface area (Å²) < 4.78 is 17.2. The molecule has 1 saturated heterocycles. The van der Waals surface area contributed by atoms with Crippen molar-refractivity contribution in [1.29, 1.82) is 0 Å². The van der Waals surface area contributed by atoms with Gasteiger partial charge in [-0.2, -0.15) is 0 Å². The average Bonchev–Trinajstić information content (AvgIpc) is 3.71. The molecular formula is C33H56N2O9. The molecule has 44 heavy (non-hydrogen) atoms. The van der Waals surface area contributed by atoms with E-state index in [0.717, 1.165) is 0 Å². The summed E-state index contributed by atoms with van der Waals surface area (Å²) in [6, 6.07) is 0. The predicted octanol–water partition coefficient (Wildman–Crippen LogP) is 2.86. The zero-order chi connectivity index (χ0) is 33.2. The number of rotatable bonds is 12. The van der Waals surface area contributed by atoms with Gasteiger partial charge in [0.05, 0.1) is 36.4 Å². The summed E-state index contributed by atoms with van der Waals surface area (Å²) in [5.41, 5.74) is -1.96. The summed E-state index contributed by atoms with van der Waals surface area (Å²) in [6.45, 7) is 11.8. The van der Waals surface area contributed by atoms with Crippen LogP contribution in [0.15, 0.2) is 36.0 Å². The van der Waals surface area contributed by atoms with Gasteiger partial charge in [-0.1, -0.05) is 45.1 Å². The van der Waals surface area contributed by atoms with Crippen molar-refractivity contribution in [2.24, 2.45) is 11.8 Å². The fraction of sp³-hybridized carbons (Fsp3) is 0.758. The highest BCUT2D eigenvalue weighted by atomic mass is 16.6. The van der Waals surface area contributed by atoms with Crippen molar-refractivity contribution in [2.75, 3.05) is 27.2 Å². The number of nitrogens with one attached hydrogen (secondary N) is 1. The molecule has 1 amide bonds. The third kappa shape index (κ3) is 11.9. The summed E-state index contributed by atoms with van der Waals surface area (Å²) in [5, 5.41) is 45.8. The van der Waals surface area contributed by atoms with Crippen molar-refractivity contribution >= 4 is 12.1 Å². The predicted molar refractivity (Wildman–Crippen MR) is 168 cm³/mol. The molecule has 11 heteroatoms. The minimum absolute atomic E-state index is 0.0122. The Morgan fingerprint density at radius 1 is 1.36 bits per heavy atom. The number of ether oxygens (including phenoxy) is 3. The SMILES string of the molecule is CCC(O)C(C)C1OC1CC(C)(O)/C=C/C=C(\C)C1OC(=O)CC(O)CCC(C)(O)C(OC(=O)N(C)CCNC)/C=C/C1C. The lowest BCUT2D eigenvalue weighted by Crippen LogP contribution is -2.45. The van der Waals surface area contributed by atoms with Crippen LogP contribution in [0.3, 0.4) is 0 Å². The molecule has 0 spiro atoms. The molecule has 10 unspecified atom stereocenters. The van der Waals surface area contributed by atoms with Crippen LogP contribution in [0.5, 0.6) is 0 Å². The smallest absolute Gasteiger partial charge is 0.410 e. The van der Waals surface area contributed by atoms with Crippen LogP contribution in [0.1, 0.15) is 73.6 Å². The molecular weight excluding hydrogens is 568 g/mol. The van der Waals surface area contributed by atoms with Crippen LogP contribution in [0.25, 0.3) is 0 Å². The first-order valence-corrected chi connectivity index (χ1v) is 15.8. The number of aliphatic hydroxyl groups is 4. The highest BCUT2D eigenvalue weighted by Gasteiger charge is 2.47. The Morgan fingerprint density at radius 2 is 2.05 bits per heavy atom. The molecule has 252 valence electrons. The molecule has 0 bridgehead atoms. The minimum atomic E-state index is -1.49. The van der Waals surface area contributed by atoms with Gasteiger partial charge in [0, 0.05) is 38.4 Å². The Labute approximate surface area is 262 Å². The Kier molecular flexibility index (Phi) is 14.5. The second-order valence-corrected chi connectivity index (χ2v) is 13.0. The van der Waals surface area contributed by atoms with E-state index in [4.69, 9.17) is 14.2 Å². The molecule has 0 aromatic carbocycles. The van der Waals surface area contributed by atoms with Crippen molar-refractivity contribution < 1.29 is 44.2 Å². The molecule has 0 aromatic rings. The van der Waals surface area contributed by atoms with E-state index in [0.29, 0.717) is 31.5 Å². The average molecular weight is 625 g/mol. The van der Waals surface area contributed by atoms with E-state index >= 15 is 0 Å². The van der Waals surface area contributed by atoms with Crippen LogP contribution in [0.2, 0.25) is 0 Å². The molecule has 2 rings (SSSR count). The summed E-state index contributed by atoms with van der Waals surface area (Å²) in [5.74, 6) is -0.963. The molecule has 2 heterocycles. The van der Waals surface area contributed by atoms with E-state index in [9.17, 15) is 30.0 Å². The molecule has 2 aliphatic rings. The Balaban J connectivity index is 2.22. The van der Waals surface area contributed by atoms with E-state index in [1.807, 2.05) is 27.7 Å². The van der Waals surface area contributed by atoms with Gasteiger partial charge in [0.15, 0.2) is 6.10 Å². The maximum absolute atomic E-state index is 12.8. The highest BCUT2D eigenvalue weighted by Crippen LogP contribution is 2.37. The Bertz CT molecular complexity index is 1020. The first kappa shape index (κ1) is 37.9. The van der Waals surface area contributed by atoms with Crippen LogP contribution >= 0.6 is 0 Å². The van der Waals surface area contributed by atoms with Gasteiger partial charge in [0.1, 0.15) is 11.7 Å². The van der Waals surface area contributed by atoms with Crippen LogP contribution < -0.4 is 5.32 Å². The van der Waals surface area contributed by atoms with Gasteiger partial charge in [-0.25, -0.2) is 4.79 Å². The number of epoxide rings is 1. The highest BCUT2D eigenvalue weighted by molar-refractivity contribution is 5.70. The summed E-state index contributed by atoms with van der Waals surface area (Å²) in [7, 11) is 3.39. The third-order valence-corrected chi connectivity index (χ3v) is 8.60. The zero-order valence-corrected chi connectivity index (χ0v) is 27.7. The first-order valence-electron chi connectivity index (χ1n) is 15.8. The largest absolute Gasteiger partial charge is 0.457 e. The Hall–Kier alpha value is -2.28. The number of hydrogen-bond acceptors (Lipinski definition) is 10. The number of carbonyl (C=O) groups is 2. The van der Waals surface area contributed by atoms with E-state index in [1.54, 1.807) is 58.3 Å². The molecule has 0 aliphatic carbocycles. The van der Waals surface area contributed by atoms with E-state index < -0.39 is 47.7 Å². The lowest BCUT2D eigenvalue weighted by Gasteiger charge is -2.33. The normalized spacial score (nSPS) is 33.7. The number of allylic oxidation sites excluding steroid dienone is 2. The maximum Gasteiger partial charge on any atom is 0.410 e. The van der Waals surface area contributed by atoms with Crippen molar-refractivity contribution in [1.82, 2.24) is 10.2 Å². The molecule has 1 fully saturated rings. The Morgan fingerprint density at radius 3 is 2.68 bits per heavy atom. The van der Waals surface area contributed by atoms with E-state index in [1.165, 1.54) is 4.90 Å². The molecule has 10 atom stereocenters. The number of likely N-dealkylation sites (N-methyl/N-ethyl adjacent to an activating group) is 2. The van der Waals surface area contributed by atoms with Gasteiger partial charge >= 0.3 is 12.1 Å². The second kappa shape index (κ2) is 16.9. The molecule has 0 radical (unpaired) electrons. The fourth-order valence-electron chi connectivity index (χ4n) is 5.37. The number of nitrogens with zero attached hydrogens (tertiary/aromatic N) is 1. The van der Waals surface area contributed by atoms with Crippen LogP contribution in [0.4, 0.5) is 4.79 Å². The van der Waals surface area contributed by atoms with E-state index in [2.05, 4.69) is 5.32 Å². The molecule has 5 N–H and O–H groups in total. The van der Waals surface area contributed by atoms with Gasteiger partial charge in [-0.3, -0.25) is 4.79 Å². The van der Waals surface area contributed by atoms with Gasteiger partial charge < -0.3 is 44.9 Å². The third-order valence-electron chi connectivity index (χ3n) is 8.60. The number of aliphatic hydroxyl groups excluding tert-OH is 2. The minimum Gasteiger partial charge on any atom is -0.457 e. The van der Waals surface area contributed by atoms with Crippen molar-refractivity contribution in [2.45, 2.75) is 121 Å². The number of amides is 1. The van der Waals surface area contributed by atoms with Crippen LogP contribution in [-0.4, -0.2) is 112 Å². The molecule has 11 nitrogen and oxygen atoms in total. The van der Waals surface area contributed by atoms with Gasteiger partial charge in [0.2, 0.25) is 0 Å². The van der Waals surface area contributed by atoms with Crippen molar-refractivity contribution in [3.63, 3.8) is 0 Å². The first-order chi connectivity index (χ1) is 20.5. The number of hydrogen-bond donors (Lipinski definition) is 5. The van der Waals surface area contributed by atoms with Gasteiger partial charge in [-0.05, 0) is 58.7 Å². The zero-order valence-electron chi connectivity index (χ0n) is 27.7. The number of esters is 1. The van der Waals surface area contributed by atoms with Gasteiger partial charge in [-0.15, -0.1) is 0 Å². The second-order valence-electron chi connectivity index (χ2n) is 13.0. The summed E-state index contributed by atoms with van der Waals surface area (Å²) >= 11 is 0. The summed E-state index contributed by atoms with van der Waals surface area (Å²) in [4.78, 5) is 26.9.